The van der Waals surface area contributed by atoms with Crippen molar-refractivity contribution >= 4 is 37.7 Å². The van der Waals surface area contributed by atoms with Crippen LogP contribution in [0.4, 0.5) is 0 Å². The summed E-state index contributed by atoms with van der Waals surface area (Å²) in [6, 6.07) is 50.7. The zero-order chi connectivity index (χ0) is 33.4. The molecule has 0 bridgehead atoms. The van der Waals surface area contributed by atoms with E-state index in [9.17, 15) is 0 Å². The van der Waals surface area contributed by atoms with E-state index in [-0.39, 0.29) is 0 Å². The number of fused-ring (bicyclic) bond motifs is 3. The van der Waals surface area contributed by atoms with Crippen LogP contribution in [0.3, 0.4) is 0 Å². The SMILES string of the molecule is Brc1cc(-c2cc(-c3ccc(-c4ccncc4)cc3)nc(-c3ccc(-c4cccnc4)cc3)n2)cc(-n2c3ccccc3c3ccccc32)c1. The molecule has 5 aromatic carbocycles. The fraction of sp³-hybridized carbons (Fsp3) is 0. The normalized spacial score (nSPS) is 11.3. The second-order valence-electron chi connectivity index (χ2n) is 12.2. The highest BCUT2D eigenvalue weighted by molar-refractivity contribution is 9.10. The number of nitrogens with zero attached hydrogens (tertiary/aromatic N) is 5. The zero-order valence-electron chi connectivity index (χ0n) is 26.8. The van der Waals surface area contributed by atoms with Crippen LogP contribution in [0.25, 0.3) is 83.6 Å². The lowest BCUT2D eigenvalue weighted by Crippen LogP contribution is -1.98. The van der Waals surface area contributed by atoms with Crippen LogP contribution >= 0.6 is 15.9 Å². The van der Waals surface area contributed by atoms with Crippen LogP contribution in [-0.4, -0.2) is 24.5 Å². The van der Waals surface area contributed by atoms with Crippen molar-refractivity contribution in [2.24, 2.45) is 0 Å². The number of hydrogen-bond acceptors (Lipinski definition) is 4. The second kappa shape index (κ2) is 12.7. The summed E-state index contributed by atoms with van der Waals surface area (Å²) in [6.07, 6.45) is 7.30. The second-order valence-corrected chi connectivity index (χ2v) is 13.1. The molecule has 6 heteroatoms. The molecule has 0 aliphatic rings. The number of hydrogen-bond donors (Lipinski definition) is 0. The van der Waals surface area contributed by atoms with Crippen LogP contribution in [-0.2, 0) is 0 Å². The maximum Gasteiger partial charge on any atom is 0.160 e. The molecule has 4 heterocycles. The highest BCUT2D eigenvalue weighted by atomic mass is 79.9. The number of para-hydroxylation sites is 2. The van der Waals surface area contributed by atoms with Gasteiger partial charge in [0, 0.05) is 62.4 Å². The highest BCUT2D eigenvalue weighted by Crippen LogP contribution is 2.36. The van der Waals surface area contributed by atoms with Gasteiger partial charge in [0.2, 0.25) is 0 Å². The quantitative estimate of drug-likeness (QED) is 0.173. The van der Waals surface area contributed by atoms with Crippen molar-refractivity contribution in [1.82, 2.24) is 24.5 Å². The van der Waals surface area contributed by atoms with Crippen LogP contribution in [0.1, 0.15) is 0 Å². The molecule has 0 atom stereocenters. The van der Waals surface area contributed by atoms with E-state index in [2.05, 4.69) is 158 Å². The van der Waals surface area contributed by atoms with Crippen LogP contribution in [0.15, 0.2) is 175 Å². The van der Waals surface area contributed by atoms with Crippen molar-refractivity contribution in [3.05, 3.63) is 175 Å². The van der Waals surface area contributed by atoms with Gasteiger partial charge in [0.1, 0.15) is 0 Å². The molecule has 0 N–H and O–H groups in total. The third kappa shape index (κ3) is 5.55. The van der Waals surface area contributed by atoms with E-state index < -0.39 is 0 Å². The Balaban J connectivity index is 1.20. The molecular formula is C44H28BrN5. The molecule has 0 saturated heterocycles. The summed E-state index contributed by atoms with van der Waals surface area (Å²) in [4.78, 5) is 18.8. The maximum absolute atomic E-state index is 5.19. The predicted molar refractivity (Wildman–Crippen MR) is 207 cm³/mol. The molecule has 0 saturated carbocycles. The summed E-state index contributed by atoms with van der Waals surface area (Å²) in [6.45, 7) is 0. The summed E-state index contributed by atoms with van der Waals surface area (Å²) >= 11 is 3.84. The average molecular weight is 707 g/mol. The Labute approximate surface area is 297 Å². The maximum atomic E-state index is 5.19. The van der Waals surface area contributed by atoms with Gasteiger partial charge in [0.25, 0.3) is 0 Å². The van der Waals surface area contributed by atoms with E-state index in [1.807, 2.05) is 36.8 Å². The molecule has 9 rings (SSSR count). The third-order valence-electron chi connectivity index (χ3n) is 9.08. The number of aromatic nitrogens is 5. The minimum Gasteiger partial charge on any atom is -0.309 e. The summed E-state index contributed by atoms with van der Waals surface area (Å²) in [5, 5.41) is 2.45. The fourth-order valence-electron chi connectivity index (χ4n) is 6.65. The Kier molecular flexibility index (Phi) is 7.56. The molecule has 9 aromatic rings. The van der Waals surface area contributed by atoms with E-state index in [1.54, 1.807) is 6.20 Å². The van der Waals surface area contributed by atoms with E-state index in [0.717, 1.165) is 71.5 Å². The van der Waals surface area contributed by atoms with Crippen LogP contribution in [0.5, 0.6) is 0 Å². The molecule has 50 heavy (non-hydrogen) atoms. The molecule has 0 amide bonds. The monoisotopic (exact) mass is 705 g/mol. The van der Waals surface area contributed by atoms with Crippen molar-refractivity contribution in [3.8, 4) is 61.8 Å². The van der Waals surface area contributed by atoms with E-state index in [1.165, 1.54) is 10.8 Å². The van der Waals surface area contributed by atoms with E-state index in [4.69, 9.17) is 9.97 Å². The molecular weight excluding hydrogens is 678 g/mol. The van der Waals surface area contributed by atoms with E-state index >= 15 is 0 Å². The number of rotatable bonds is 6. The molecule has 0 aliphatic heterocycles. The minimum atomic E-state index is 0.659. The van der Waals surface area contributed by atoms with Crippen molar-refractivity contribution in [3.63, 3.8) is 0 Å². The van der Waals surface area contributed by atoms with Gasteiger partial charge in [-0.2, -0.15) is 0 Å². The van der Waals surface area contributed by atoms with Gasteiger partial charge < -0.3 is 4.57 Å². The van der Waals surface area contributed by atoms with Gasteiger partial charge in [0.15, 0.2) is 5.82 Å². The molecule has 0 unspecified atom stereocenters. The molecule has 4 aromatic heterocycles. The van der Waals surface area contributed by atoms with Crippen LogP contribution < -0.4 is 0 Å². The first-order valence-electron chi connectivity index (χ1n) is 16.4. The summed E-state index contributed by atoms with van der Waals surface area (Å²) in [5.41, 5.74) is 12.4. The minimum absolute atomic E-state index is 0.659. The molecule has 0 fully saturated rings. The summed E-state index contributed by atoms with van der Waals surface area (Å²) in [5.74, 6) is 0.659. The molecule has 0 radical (unpaired) electrons. The first-order valence-corrected chi connectivity index (χ1v) is 17.2. The average Bonchev–Trinajstić information content (AvgIpc) is 3.53. The van der Waals surface area contributed by atoms with Gasteiger partial charge in [-0.1, -0.05) is 107 Å². The van der Waals surface area contributed by atoms with Gasteiger partial charge in [0.05, 0.1) is 22.4 Å². The molecule has 5 nitrogen and oxygen atoms in total. The van der Waals surface area contributed by atoms with Crippen LogP contribution in [0.2, 0.25) is 0 Å². The lowest BCUT2D eigenvalue weighted by atomic mass is 10.0. The first kappa shape index (κ1) is 29.9. The Morgan fingerprint density at radius 3 is 1.66 bits per heavy atom. The van der Waals surface area contributed by atoms with Crippen molar-refractivity contribution in [2.75, 3.05) is 0 Å². The fourth-order valence-corrected chi connectivity index (χ4v) is 7.13. The van der Waals surface area contributed by atoms with Crippen molar-refractivity contribution < 1.29 is 0 Å². The predicted octanol–water partition coefficient (Wildman–Crippen LogP) is 11.5. The number of pyridine rings is 2. The smallest absolute Gasteiger partial charge is 0.160 e. The number of benzene rings is 5. The largest absolute Gasteiger partial charge is 0.309 e. The standard InChI is InChI=1S/C44H28BrN5/c45-36-24-35(25-37(26-36)50-42-9-3-1-7-38(42)39-8-2-4-10-43(39)50)41-27-40(32-15-11-29(12-16-32)31-19-22-46-23-20-31)48-44(49-41)33-17-13-30(14-18-33)34-6-5-21-47-28-34/h1-28H. The Morgan fingerprint density at radius 2 is 1.00 bits per heavy atom. The topological polar surface area (TPSA) is 56.5 Å². The lowest BCUT2D eigenvalue weighted by Gasteiger charge is -2.13. The number of halogens is 1. The van der Waals surface area contributed by atoms with E-state index in [0.29, 0.717) is 5.82 Å². The van der Waals surface area contributed by atoms with Crippen LogP contribution in [0, 0.1) is 0 Å². The summed E-state index contributed by atoms with van der Waals surface area (Å²) < 4.78 is 3.30. The van der Waals surface area contributed by atoms with Gasteiger partial charge in [-0.15, -0.1) is 0 Å². The van der Waals surface area contributed by atoms with Gasteiger partial charge in [-0.05, 0) is 76.9 Å². The lowest BCUT2D eigenvalue weighted by molar-refractivity contribution is 1.16. The highest BCUT2D eigenvalue weighted by Gasteiger charge is 2.16. The zero-order valence-corrected chi connectivity index (χ0v) is 28.4. The third-order valence-corrected chi connectivity index (χ3v) is 9.53. The summed E-state index contributed by atoms with van der Waals surface area (Å²) in [7, 11) is 0. The van der Waals surface area contributed by atoms with Crippen molar-refractivity contribution in [2.45, 2.75) is 0 Å². The van der Waals surface area contributed by atoms with Gasteiger partial charge in [-0.25, -0.2) is 9.97 Å². The Hall–Kier alpha value is -6.24. The molecule has 0 spiro atoms. The van der Waals surface area contributed by atoms with Gasteiger partial charge in [-0.3, -0.25) is 9.97 Å². The van der Waals surface area contributed by atoms with Gasteiger partial charge >= 0.3 is 0 Å². The van der Waals surface area contributed by atoms with Crippen molar-refractivity contribution in [1.29, 1.82) is 0 Å². The molecule has 0 aliphatic carbocycles. The Bertz CT molecular complexity index is 2480. The molecule has 236 valence electrons. The Morgan fingerprint density at radius 1 is 0.420 bits per heavy atom. The first-order chi connectivity index (χ1) is 24.7.